The van der Waals surface area contributed by atoms with Gasteiger partial charge in [-0.3, -0.25) is 0 Å². The van der Waals surface area contributed by atoms with Gasteiger partial charge in [0.1, 0.15) is 11.6 Å². The molecule has 1 nitrogen and oxygen atoms in total. The Morgan fingerprint density at radius 3 is 2.41 bits per heavy atom. The lowest BCUT2D eigenvalue weighted by Gasteiger charge is -2.08. The molecule has 3 rings (SSSR count). The maximum Gasteiger partial charge on any atom is 0.169 e. The van der Waals surface area contributed by atoms with Crippen LogP contribution in [-0.2, 0) is 6.42 Å². The number of benzene rings is 3. The van der Waals surface area contributed by atoms with E-state index in [1.165, 1.54) is 31.4 Å². The normalized spacial score (nSPS) is 12.0. The van der Waals surface area contributed by atoms with E-state index in [9.17, 15) is 13.2 Å². The van der Waals surface area contributed by atoms with Crippen LogP contribution in [0.25, 0.3) is 22.4 Å². The first-order valence-corrected chi connectivity index (χ1v) is 8.57. The van der Waals surface area contributed by atoms with Crippen LogP contribution in [0.1, 0.15) is 23.1 Å². The molecule has 0 saturated heterocycles. The number of rotatable bonds is 6. The SMILES string of the molecule is C=CCCc1ccc(C(F)=C(F)c2ccc3cc(OC)ccc3c2F)cc1. The van der Waals surface area contributed by atoms with Crippen molar-refractivity contribution >= 4 is 22.4 Å². The van der Waals surface area contributed by atoms with Crippen molar-refractivity contribution in [1.82, 2.24) is 0 Å². The minimum Gasteiger partial charge on any atom is -0.497 e. The van der Waals surface area contributed by atoms with Crippen LogP contribution >= 0.6 is 0 Å². The number of hydrogen-bond donors (Lipinski definition) is 0. The van der Waals surface area contributed by atoms with Gasteiger partial charge in [0, 0.05) is 16.5 Å². The fraction of sp³-hybridized carbons (Fsp3) is 0.130. The summed E-state index contributed by atoms with van der Waals surface area (Å²) in [6, 6.07) is 14.0. The lowest BCUT2D eigenvalue weighted by atomic mass is 10.0. The summed E-state index contributed by atoms with van der Waals surface area (Å²) < 4.78 is 49.1. The Kier molecular flexibility index (Phi) is 5.65. The zero-order valence-corrected chi connectivity index (χ0v) is 14.9. The molecule has 3 aromatic carbocycles. The topological polar surface area (TPSA) is 9.23 Å². The summed E-state index contributed by atoms with van der Waals surface area (Å²) in [4.78, 5) is 0. The predicted molar refractivity (Wildman–Crippen MR) is 104 cm³/mol. The summed E-state index contributed by atoms with van der Waals surface area (Å²) >= 11 is 0. The number of aryl methyl sites for hydroxylation is 1. The van der Waals surface area contributed by atoms with Crippen molar-refractivity contribution in [2.75, 3.05) is 7.11 Å². The fourth-order valence-corrected chi connectivity index (χ4v) is 2.90. The quantitative estimate of drug-likeness (QED) is 0.341. The smallest absolute Gasteiger partial charge is 0.169 e. The summed E-state index contributed by atoms with van der Waals surface area (Å²) in [5.41, 5.74) is 0.669. The van der Waals surface area contributed by atoms with Crippen molar-refractivity contribution in [1.29, 1.82) is 0 Å². The molecule has 0 atom stereocenters. The van der Waals surface area contributed by atoms with Gasteiger partial charge in [-0.1, -0.05) is 36.4 Å². The molecule has 0 spiro atoms. The summed E-state index contributed by atoms with van der Waals surface area (Å²) in [6.45, 7) is 3.66. The monoisotopic (exact) mass is 368 g/mol. The van der Waals surface area contributed by atoms with E-state index < -0.39 is 23.0 Å². The Labute approximate surface area is 156 Å². The third kappa shape index (κ3) is 3.90. The molecular weight excluding hydrogens is 349 g/mol. The van der Waals surface area contributed by atoms with Crippen molar-refractivity contribution < 1.29 is 17.9 Å². The van der Waals surface area contributed by atoms with Gasteiger partial charge in [-0.2, -0.15) is 0 Å². The first-order valence-electron chi connectivity index (χ1n) is 8.57. The highest BCUT2D eigenvalue weighted by atomic mass is 19.2. The van der Waals surface area contributed by atoms with Gasteiger partial charge in [-0.15, -0.1) is 6.58 Å². The number of hydrogen-bond acceptors (Lipinski definition) is 1. The van der Waals surface area contributed by atoms with Gasteiger partial charge in [0.05, 0.1) is 7.11 Å². The summed E-state index contributed by atoms with van der Waals surface area (Å²) in [5.74, 6) is -2.54. The van der Waals surface area contributed by atoms with E-state index in [-0.39, 0.29) is 10.9 Å². The number of halogens is 3. The molecule has 0 N–H and O–H groups in total. The Morgan fingerprint density at radius 1 is 1.00 bits per heavy atom. The molecule has 0 fully saturated rings. The van der Waals surface area contributed by atoms with Gasteiger partial charge < -0.3 is 4.74 Å². The molecule has 4 heteroatoms. The van der Waals surface area contributed by atoms with Crippen LogP contribution < -0.4 is 4.74 Å². The molecule has 0 heterocycles. The molecule has 138 valence electrons. The van der Waals surface area contributed by atoms with E-state index in [1.54, 1.807) is 36.4 Å². The first kappa shape index (κ1) is 18.8. The predicted octanol–water partition coefficient (Wildman–Crippen LogP) is 6.87. The molecule has 0 saturated carbocycles. The van der Waals surface area contributed by atoms with Crippen LogP contribution in [-0.4, -0.2) is 7.11 Å². The molecule has 0 aliphatic heterocycles. The number of methoxy groups -OCH3 is 1. The third-order valence-electron chi connectivity index (χ3n) is 4.43. The largest absolute Gasteiger partial charge is 0.497 e. The van der Waals surface area contributed by atoms with Gasteiger partial charge in [0.2, 0.25) is 0 Å². The van der Waals surface area contributed by atoms with Gasteiger partial charge >= 0.3 is 0 Å². The highest BCUT2D eigenvalue weighted by Crippen LogP contribution is 2.34. The van der Waals surface area contributed by atoms with Crippen molar-refractivity contribution in [3.05, 3.63) is 89.8 Å². The number of fused-ring (bicyclic) bond motifs is 1. The Morgan fingerprint density at radius 2 is 1.74 bits per heavy atom. The van der Waals surface area contributed by atoms with Crippen LogP contribution in [0.3, 0.4) is 0 Å². The van der Waals surface area contributed by atoms with Gasteiger partial charge in [0.25, 0.3) is 0 Å². The van der Waals surface area contributed by atoms with E-state index in [1.807, 2.05) is 0 Å². The number of allylic oxidation sites excluding steroid dienone is 1. The molecule has 0 aliphatic rings. The van der Waals surface area contributed by atoms with Crippen LogP contribution in [0.15, 0.2) is 67.3 Å². The minimum atomic E-state index is -1.22. The van der Waals surface area contributed by atoms with Gasteiger partial charge in [-0.05, 0) is 48.1 Å². The van der Waals surface area contributed by atoms with Crippen LogP contribution in [0.4, 0.5) is 13.2 Å². The molecule has 0 aromatic heterocycles. The van der Waals surface area contributed by atoms with Crippen LogP contribution in [0.2, 0.25) is 0 Å². The second kappa shape index (κ2) is 8.12. The Bertz CT molecular complexity index is 1000. The average molecular weight is 368 g/mol. The van der Waals surface area contributed by atoms with Gasteiger partial charge in [-0.25, -0.2) is 13.2 Å². The van der Waals surface area contributed by atoms with Crippen molar-refractivity contribution in [2.45, 2.75) is 12.8 Å². The minimum absolute atomic E-state index is 0.0732. The van der Waals surface area contributed by atoms with Gasteiger partial charge in [0.15, 0.2) is 11.7 Å². The maximum absolute atomic E-state index is 14.7. The maximum atomic E-state index is 14.7. The second-order valence-electron chi connectivity index (χ2n) is 6.17. The standard InChI is InChI=1S/C23H19F3O/c1-3-4-5-15-6-8-16(9-7-15)21(24)23(26)20-12-10-17-14-18(27-2)11-13-19(17)22(20)25/h3,6-14H,1,4-5H2,2H3. The van der Waals surface area contributed by atoms with Crippen molar-refractivity contribution in [3.8, 4) is 5.75 Å². The molecule has 0 aliphatic carbocycles. The lowest BCUT2D eigenvalue weighted by molar-refractivity contribution is 0.415. The zero-order chi connectivity index (χ0) is 19.4. The lowest BCUT2D eigenvalue weighted by Crippen LogP contribution is -1.92. The first-order chi connectivity index (χ1) is 13.0. The molecular formula is C23H19F3O. The highest BCUT2D eigenvalue weighted by Gasteiger charge is 2.17. The molecule has 0 bridgehead atoms. The second-order valence-corrected chi connectivity index (χ2v) is 6.17. The summed E-state index contributed by atoms with van der Waals surface area (Å²) in [7, 11) is 1.51. The average Bonchev–Trinajstić information content (AvgIpc) is 2.71. The molecule has 3 aromatic rings. The van der Waals surface area contributed by atoms with Crippen molar-refractivity contribution in [2.24, 2.45) is 0 Å². The zero-order valence-electron chi connectivity index (χ0n) is 14.9. The van der Waals surface area contributed by atoms with E-state index in [0.717, 1.165) is 18.4 Å². The van der Waals surface area contributed by atoms with Crippen molar-refractivity contribution in [3.63, 3.8) is 0 Å². The van der Waals surface area contributed by atoms with E-state index in [0.29, 0.717) is 11.1 Å². The Hall–Kier alpha value is -3.01. The van der Waals surface area contributed by atoms with Crippen LogP contribution in [0, 0.1) is 5.82 Å². The summed E-state index contributed by atoms with van der Waals surface area (Å²) in [5, 5.41) is 0.756. The molecule has 27 heavy (non-hydrogen) atoms. The Balaban J connectivity index is 1.98. The molecule has 0 unspecified atom stereocenters. The summed E-state index contributed by atoms with van der Waals surface area (Å²) in [6.07, 6.45) is 3.38. The molecule has 0 radical (unpaired) electrons. The fourth-order valence-electron chi connectivity index (χ4n) is 2.90. The number of ether oxygens (including phenoxy) is 1. The van der Waals surface area contributed by atoms with E-state index in [2.05, 4.69) is 6.58 Å². The highest BCUT2D eigenvalue weighted by molar-refractivity contribution is 5.91. The van der Waals surface area contributed by atoms with E-state index >= 15 is 0 Å². The van der Waals surface area contributed by atoms with Crippen LogP contribution in [0.5, 0.6) is 5.75 Å². The van der Waals surface area contributed by atoms with E-state index in [4.69, 9.17) is 4.74 Å². The molecule has 0 amide bonds. The third-order valence-corrected chi connectivity index (χ3v) is 4.43.